The van der Waals surface area contributed by atoms with Gasteiger partial charge in [-0.25, -0.2) is 13.1 Å². The van der Waals surface area contributed by atoms with E-state index in [4.69, 9.17) is 16.3 Å². The van der Waals surface area contributed by atoms with E-state index in [0.717, 1.165) is 31.2 Å². The highest BCUT2D eigenvalue weighted by Gasteiger charge is 2.21. The molecule has 1 saturated carbocycles. The maximum Gasteiger partial charge on any atom is 0.260 e. The van der Waals surface area contributed by atoms with Gasteiger partial charge in [0.1, 0.15) is 5.75 Å². The Morgan fingerprint density at radius 2 is 1.70 bits per heavy atom. The summed E-state index contributed by atoms with van der Waals surface area (Å²) in [5.41, 5.74) is 0.806. The van der Waals surface area contributed by atoms with Crippen molar-refractivity contribution in [2.45, 2.75) is 62.6 Å². The summed E-state index contributed by atoms with van der Waals surface area (Å²) < 4.78 is 33.2. The van der Waals surface area contributed by atoms with Crippen LogP contribution in [0.25, 0.3) is 0 Å². The van der Waals surface area contributed by atoms with E-state index in [1.165, 1.54) is 18.6 Å². The van der Waals surface area contributed by atoms with Gasteiger partial charge in [-0.1, -0.05) is 43.0 Å². The summed E-state index contributed by atoms with van der Waals surface area (Å²) in [6.07, 6.45) is 4.87. The second-order valence-electron chi connectivity index (χ2n) is 7.53. The number of rotatable bonds is 8. The molecule has 0 heterocycles. The second kappa shape index (κ2) is 10.3. The maximum atomic E-state index is 12.5. The van der Waals surface area contributed by atoms with Gasteiger partial charge in [0.2, 0.25) is 10.0 Å². The van der Waals surface area contributed by atoms with Gasteiger partial charge in [0, 0.05) is 17.6 Å². The third kappa shape index (κ3) is 6.45. The minimum Gasteiger partial charge on any atom is -0.481 e. The van der Waals surface area contributed by atoms with Gasteiger partial charge in [-0.05, 0) is 61.7 Å². The van der Waals surface area contributed by atoms with Gasteiger partial charge in [-0.15, -0.1) is 0 Å². The number of hydrogen-bond donors (Lipinski definition) is 2. The van der Waals surface area contributed by atoms with Crippen LogP contribution in [0.4, 0.5) is 0 Å². The summed E-state index contributed by atoms with van der Waals surface area (Å²) in [6, 6.07) is 13.2. The van der Waals surface area contributed by atoms with E-state index in [9.17, 15) is 13.2 Å². The summed E-state index contributed by atoms with van der Waals surface area (Å²) in [5.74, 6) is 0.293. The molecule has 1 aliphatic carbocycles. The van der Waals surface area contributed by atoms with E-state index < -0.39 is 16.1 Å². The lowest BCUT2D eigenvalue weighted by Crippen LogP contribution is -2.43. The zero-order valence-corrected chi connectivity index (χ0v) is 18.5. The molecular weight excluding hydrogens is 424 g/mol. The molecule has 0 unspecified atom stereocenters. The van der Waals surface area contributed by atoms with Gasteiger partial charge < -0.3 is 10.1 Å². The van der Waals surface area contributed by atoms with Gasteiger partial charge in [-0.3, -0.25) is 4.79 Å². The van der Waals surface area contributed by atoms with E-state index in [-0.39, 0.29) is 23.4 Å². The first-order chi connectivity index (χ1) is 14.3. The van der Waals surface area contributed by atoms with Crippen LogP contribution in [0.15, 0.2) is 53.4 Å². The number of amides is 1. The molecule has 162 valence electrons. The smallest absolute Gasteiger partial charge is 0.260 e. The largest absolute Gasteiger partial charge is 0.481 e. The average molecular weight is 451 g/mol. The predicted octanol–water partition coefficient (Wildman–Crippen LogP) is 4.03. The van der Waals surface area contributed by atoms with Crippen LogP contribution < -0.4 is 14.8 Å². The van der Waals surface area contributed by atoms with E-state index in [0.29, 0.717) is 10.8 Å². The lowest BCUT2D eigenvalue weighted by molar-refractivity contribution is -0.128. The molecule has 1 amide bonds. The monoisotopic (exact) mass is 450 g/mol. The average Bonchev–Trinajstić information content (AvgIpc) is 2.74. The lowest BCUT2D eigenvalue weighted by Gasteiger charge is -2.24. The molecule has 2 aromatic rings. The van der Waals surface area contributed by atoms with Gasteiger partial charge in [0.25, 0.3) is 5.91 Å². The Bertz CT molecular complexity index is 940. The molecule has 30 heavy (non-hydrogen) atoms. The molecule has 0 aliphatic heterocycles. The molecular formula is C22H27ClN2O4S. The minimum atomic E-state index is -3.67. The highest BCUT2D eigenvalue weighted by molar-refractivity contribution is 7.89. The molecule has 0 radical (unpaired) electrons. The van der Waals surface area contributed by atoms with Crippen LogP contribution in [0.3, 0.4) is 0 Å². The Kier molecular flexibility index (Phi) is 7.75. The van der Waals surface area contributed by atoms with Crippen LogP contribution in [0.5, 0.6) is 5.75 Å². The number of halogens is 1. The fraction of sp³-hybridized carbons (Fsp3) is 0.409. The Morgan fingerprint density at radius 3 is 2.33 bits per heavy atom. The fourth-order valence-electron chi connectivity index (χ4n) is 3.38. The summed E-state index contributed by atoms with van der Waals surface area (Å²) >= 11 is 5.84. The number of sulfonamides is 1. The lowest BCUT2D eigenvalue weighted by atomic mass is 9.95. The zero-order chi connectivity index (χ0) is 21.6. The first-order valence-electron chi connectivity index (χ1n) is 10.1. The van der Waals surface area contributed by atoms with E-state index in [1.807, 2.05) is 0 Å². The van der Waals surface area contributed by atoms with E-state index >= 15 is 0 Å². The van der Waals surface area contributed by atoms with Crippen molar-refractivity contribution in [1.29, 1.82) is 0 Å². The normalized spacial score (nSPS) is 16.1. The molecule has 2 aromatic carbocycles. The molecule has 8 heteroatoms. The van der Waals surface area contributed by atoms with Crippen LogP contribution in [0, 0.1) is 0 Å². The standard InChI is InChI=1S/C22H27ClN2O4S/c1-16(22(26)25-19-5-3-2-4-6-19)29-20-11-13-21(14-12-20)30(27,28)24-15-17-7-9-18(23)10-8-17/h7-14,16,19,24H,2-6,15H2,1H3,(H,25,26)/t16-/m0/s1. The summed E-state index contributed by atoms with van der Waals surface area (Å²) in [6.45, 7) is 1.85. The van der Waals surface area contributed by atoms with Crippen molar-refractivity contribution in [3.05, 3.63) is 59.1 Å². The Morgan fingerprint density at radius 1 is 1.07 bits per heavy atom. The maximum absolute atomic E-state index is 12.5. The molecule has 1 fully saturated rings. The van der Waals surface area contributed by atoms with Crippen LogP contribution >= 0.6 is 11.6 Å². The molecule has 6 nitrogen and oxygen atoms in total. The van der Waals surface area contributed by atoms with Crippen LogP contribution in [-0.2, 0) is 21.4 Å². The van der Waals surface area contributed by atoms with Crippen molar-refractivity contribution in [3.8, 4) is 5.75 Å². The van der Waals surface area contributed by atoms with Crippen molar-refractivity contribution < 1.29 is 17.9 Å². The van der Waals surface area contributed by atoms with Gasteiger partial charge in [0.15, 0.2) is 6.10 Å². The number of carbonyl (C=O) groups excluding carboxylic acids is 1. The molecule has 1 aliphatic rings. The summed E-state index contributed by atoms with van der Waals surface area (Å²) in [5, 5.41) is 3.63. The molecule has 0 bridgehead atoms. The van der Waals surface area contributed by atoms with Crippen molar-refractivity contribution in [3.63, 3.8) is 0 Å². The van der Waals surface area contributed by atoms with Crippen molar-refractivity contribution in [2.24, 2.45) is 0 Å². The molecule has 2 N–H and O–H groups in total. The van der Waals surface area contributed by atoms with Gasteiger partial charge in [-0.2, -0.15) is 0 Å². The third-order valence-corrected chi connectivity index (χ3v) is 6.82. The zero-order valence-electron chi connectivity index (χ0n) is 16.9. The number of nitrogens with one attached hydrogen (secondary N) is 2. The first kappa shape index (κ1) is 22.6. The molecule has 0 spiro atoms. The second-order valence-corrected chi connectivity index (χ2v) is 9.73. The number of benzene rings is 2. The summed E-state index contributed by atoms with van der Waals surface area (Å²) in [4.78, 5) is 12.5. The molecule has 1 atom stereocenters. The predicted molar refractivity (Wildman–Crippen MR) is 117 cm³/mol. The Hall–Kier alpha value is -2.09. The molecule has 0 aromatic heterocycles. The van der Waals surface area contributed by atoms with Gasteiger partial charge >= 0.3 is 0 Å². The third-order valence-electron chi connectivity index (χ3n) is 5.15. The Labute approximate surface area is 183 Å². The van der Waals surface area contributed by atoms with E-state index in [1.54, 1.807) is 43.3 Å². The van der Waals surface area contributed by atoms with Crippen molar-refractivity contribution in [1.82, 2.24) is 10.0 Å². The van der Waals surface area contributed by atoms with Crippen LogP contribution in [0.1, 0.15) is 44.6 Å². The van der Waals surface area contributed by atoms with Gasteiger partial charge in [0.05, 0.1) is 4.90 Å². The molecule has 3 rings (SSSR count). The Balaban J connectivity index is 1.54. The highest BCUT2D eigenvalue weighted by atomic mass is 35.5. The molecule has 0 saturated heterocycles. The quantitative estimate of drug-likeness (QED) is 0.635. The SMILES string of the molecule is C[C@H](Oc1ccc(S(=O)(=O)NCc2ccc(Cl)cc2)cc1)C(=O)NC1CCCCC1. The fourth-order valence-corrected chi connectivity index (χ4v) is 4.53. The van der Waals surface area contributed by atoms with Crippen LogP contribution in [0.2, 0.25) is 5.02 Å². The topological polar surface area (TPSA) is 84.5 Å². The highest BCUT2D eigenvalue weighted by Crippen LogP contribution is 2.20. The van der Waals surface area contributed by atoms with E-state index in [2.05, 4.69) is 10.0 Å². The van der Waals surface area contributed by atoms with Crippen molar-refractivity contribution in [2.75, 3.05) is 0 Å². The van der Waals surface area contributed by atoms with Crippen molar-refractivity contribution >= 4 is 27.5 Å². The summed E-state index contributed by atoms with van der Waals surface area (Å²) in [7, 11) is -3.67. The minimum absolute atomic E-state index is 0.128. The number of carbonyl (C=O) groups is 1. The number of ether oxygens (including phenoxy) is 1. The first-order valence-corrected chi connectivity index (χ1v) is 12.0. The number of hydrogen-bond acceptors (Lipinski definition) is 4. The van der Waals surface area contributed by atoms with Crippen LogP contribution in [-0.4, -0.2) is 26.5 Å².